The van der Waals surface area contributed by atoms with Crippen LogP contribution in [0.15, 0.2) is 12.1 Å². The molecule has 0 unspecified atom stereocenters. The van der Waals surface area contributed by atoms with Crippen LogP contribution in [0.25, 0.3) is 0 Å². The van der Waals surface area contributed by atoms with Crippen molar-refractivity contribution in [1.29, 1.82) is 5.26 Å². The molecule has 1 aliphatic heterocycles. The largest absolute Gasteiger partial charge is 0.372 e. The van der Waals surface area contributed by atoms with E-state index in [0.717, 1.165) is 31.5 Å². The van der Waals surface area contributed by atoms with Crippen molar-refractivity contribution in [2.45, 2.75) is 39.5 Å². The predicted molar refractivity (Wildman–Crippen MR) is 71.4 cm³/mol. The molecule has 0 spiro atoms. The Balaban J connectivity index is 2.45. The molecule has 0 aliphatic carbocycles. The van der Waals surface area contributed by atoms with E-state index >= 15 is 0 Å². The first kappa shape index (κ1) is 12.0. The van der Waals surface area contributed by atoms with Gasteiger partial charge in [0.05, 0.1) is 11.6 Å². The molecule has 2 rings (SSSR count). The third-order valence-electron chi connectivity index (χ3n) is 3.63. The fraction of sp³-hybridized carbons (Fsp3) is 0.533. The number of nitrogens with zero attached hydrogens (tertiary/aromatic N) is 2. The van der Waals surface area contributed by atoms with Crippen molar-refractivity contribution in [1.82, 2.24) is 0 Å². The first-order valence-electron chi connectivity index (χ1n) is 6.61. The van der Waals surface area contributed by atoms with Crippen LogP contribution in [0, 0.1) is 11.3 Å². The number of anilines is 1. The molecular weight excluding hydrogens is 208 g/mol. The fourth-order valence-corrected chi connectivity index (χ4v) is 2.61. The first-order valence-corrected chi connectivity index (χ1v) is 6.61. The monoisotopic (exact) mass is 228 g/mol. The molecule has 1 aliphatic rings. The van der Waals surface area contributed by atoms with E-state index in [4.69, 9.17) is 0 Å². The average Bonchev–Trinajstić information content (AvgIpc) is 2.90. The predicted octanol–water partition coefficient (Wildman–Crippen LogP) is 3.28. The van der Waals surface area contributed by atoms with Gasteiger partial charge < -0.3 is 4.90 Å². The van der Waals surface area contributed by atoms with Crippen molar-refractivity contribution < 1.29 is 0 Å². The van der Waals surface area contributed by atoms with Gasteiger partial charge in [0.25, 0.3) is 0 Å². The van der Waals surface area contributed by atoms with Gasteiger partial charge in [-0.25, -0.2) is 0 Å². The second kappa shape index (κ2) is 5.23. The van der Waals surface area contributed by atoms with Crippen LogP contribution in [0.3, 0.4) is 0 Å². The molecule has 0 atom stereocenters. The van der Waals surface area contributed by atoms with E-state index < -0.39 is 0 Å². The minimum absolute atomic E-state index is 0.901. The number of rotatable bonds is 3. The molecule has 1 aromatic carbocycles. The maximum atomic E-state index is 9.25. The van der Waals surface area contributed by atoms with Crippen molar-refractivity contribution in [3.8, 4) is 6.07 Å². The van der Waals surface area contributed by atoms with Crippen LogP contribution in [0.1, 0.15) is 43.4 Å². The lowest BCUT2D eigenvalue weighted by Crippen LogP contribution is -2.18. The first-order chi connectivity index (χ1) is 8.30. The maximum absolute atomic E-state index is 9.25. The topological polar surface area (TPSA) is 27.0 Å². The van der Waals surface area contributed by atoms with Crippen LogP contribution in [0.2, 0.25) is 0 Å². The molecule has 0 aromatic heterocycles. The minimum Gasteiger partial charge on any atom is -0.372 e. The summed E-state index contributed by atoms with van der Waals surface area (Å²) in [6, 6.07) is 6.79. The zero-order valence-electron chi connectivity index (χ0n) is 10.8. The van der Waals surface area contributed by atoms with Crippen molar-refractivity contribution in [3.05, 3.63) is 28.8 Å². The third kappa shape index (κ3) is 2.29. The second-order valence-corrected chi connectivity index (χ2v) is 4.65. The number of hydrogen-bond donors (Lipinski definition) is 0. The van der Waals surface area contributed by atoms with E-state index in [0.29, 0.717) is 0 Å². The Morgan fingerprint density at radius 2 is 1.65 bits per heavy atom. The zero-order chi connectivity index (χ0) is 12.3. The van der Waals surface area contributed by atoms with Gasteiger partial charge in [-0.1, -0.05) is 13.8 Å². The summed E-state index contributed by atoms with van der Waals surface area (Å²) < 4.78 is 0. The van der Waals surface area contributed by atoms with Crippen LogP contribution < -0.4 is 4.90 Å². The van der Waals surface area contributed by atoms with E-state index in [1.54, 1.807) is 0 Å². The molecule has 0 N–H and O–H groups in total. The van der Waals surface area contributed by atoms with Crippen LogP contribution in [-0.4, -0.2) is 13.1 Å². The van der Waals surface area contributed by atoms with Crippen molar-refractivity contribution in [2.75, 3.05) is 18.0 Å². The highest BCUT2D eigenvalue weighted by atomic mass is 15.1. The van der Waals surface area contributed by atoms with Gasteiger partial charge in [-0.05, 0) is 48.9 Å². The Morgan fingerprint density at radius 1 is 1.12 bits per heavy atom. The Bertz CT molecular complexity index is 412. The third-order valence-corrected chi connectivity index (χ3v) is 3.63. The maximum Gasteiger partial charge on any atom is 0.0997 e. The highest BCUT2D eigenvalue weighted by molar-refractivity contribution is 5.58. The summed E-state index contributed by atoms with van der Waals surface area (Å²) in [7, 11) is 0. The summed E-state index contributed by atoms with van der Waals surface area (Å²) in [6.07, 6.45) is 4.47. The molecule has 17 heavy (non-hydrogen) atoms. The van der Waals surface area contributed by atoms with Gasteiger partial charge in [0.15, 0.2) is 0 Å². The summed E-state index contributed by atoms with van der Waals surface area (Å²) in [5, 5.41) is 9.25. The summed E-state index contributed by atoms with van der Waals surface area (Å²) in [4.78, 5) is 2.44. The Hall–Kier alpha value is -1.49. The SMILES string of the molecule is CCc1cc(N2CCCC2)cc(CC)c1C#N. The summed E-state index contributed by atoms with van der Waals surface area (Å²) in [6.45, 7) is 6.59. The van der Waals surface area contributed by atoms with Gasteiger partial charge in [-0.2, -0.15) is 5.26 Å². The molecule has 1 saturated heterocycles. The smallest absolute Gasteiger partial charge is 0.0997 e. The van der Waals surface area contributed by atoms with Crippen LogP contribution in [0.4, 0.5) is 5.69 Å². The standard InChI is InChI=1S/C15H20N2/c1-3-12-9-14(17-7-5-6-8-17)10-13(4-2)15(12)11-16/h9-10H,3-8H2,1-2H3. The molecule has 2 heteroatoms. The van der Waals surface area contributed by atoms with Gasteiger partial charge >= 0.3 is 0 Å². The quantitative estimate of drug-likeness (QED) is 0.793. The molecule has 0 radical (unpaired) electrons. The van der Waals surface area contributed by atoms with Gasteiger partial charge in [-0.15, -0.1) is 0 Å². The molecule has 1 aromatic rings. The van der Waals surface area contributed by atoms with Crippen LogP contribution in [0.5, 0.6) is 0 Å². The number of aryl methyl sites for hydroxylation is 2. The van der Waals surface area contributed by atoms with Gasteiger partial charge in [0, 0.05) is 18.8 Å². The van der Waals surface area contributed by atoms with E-state index in [1.165, 1.54) is 29.7 Å². The molecule has 1 fully saturated rings. The summed E-state index contributed by atoms with van der Waals surface area (Å²) in [5.74, 6) is 0. The molecule has 2 nitrogen and oxygen atoms in total. The highest BCUT2D eigenvalue weighted by Crippen LogP contribution is 2.27. The number of benzene rings is 1. The molecular formula is C15H20N2. The highest BCUT2D eigenvalue weighted by Gasteiger charge is 2.15. The molecule has 90 valence electrons. The zero-order valence-corrected chi connectivity index (χ0v) is 10.8. The lowest BCUT2D eigenvalue weighted by molar-refractivity contribution is 0.949. The summed E-state index contributed by atoms with van der Waals surface area (Å²) >= 11 is 0. The van der Waals surface area contributed by atoms with Gasteiger partial charge in [0.1, 0.15) is 0 Å². The number of nitriles is 1. The van der Waals surface area contributed by atoms with Crippen LogP contribution in [-0.2, 0) is 12.8 Å². The van der Waals surface area contributed by atoms with Crippen LogP contribution >= 0.6 is 0 Å². The van der Waals surface area contributed by atoms with Gasteiger partial charge in [0.2, 0.25) is 0 Å². The fourth-order valence-electron chi connectivity index (χ4n) is 2.61. The molecule has 0 bridgehead atoms. The lowest BCUT2D eigenvalue weighted by Gasteiger charge is -2.20. The number of hydrogen-bond acceptors (Lipinski definition) is 2. The van der Waals surface area contributed by atoms with Crippen molar-refractivity contribution in [2.24, 2.45) is 0 Å². The lowest BCUT2D eigenvalue weighted by atomic mass is 9.97. The molecule has 1 heterocycles. The normalized spacial score (nSPS) is 15.0. The van der Waals surface area contributed by atoms with E-state index in [2.05, 4.69) is 36.9 Å². The Labute approximate surface area is 104 Å². The second-order valence-electron chi connectivity index (χ2n) is 4.65. The van der Waals surface area contributed by atoms with Gasteiger partial charge in [-0.3, -0.25) is 0 Å². The summed E-state index contributed by atoms with van der Waals surface area (Å²) in [5.41, 5.74) is 4.62. The molecule has 0 saturated carbocycles. The van der Waals surface area contributed by atoms with E-state index in [9.17, 15) is 5.26 Å². The van der Waals surface area contributed by atoms with Crippen molar-refractivity contribution in [3.63, 3.8) is 0 Å². The molecule has 0 amide bonds. The van der Waals surface area contributed by atoms with E-state index in [-0.39, 0.29) is 0 Å². The Morgan fingerprint density at radius 3 is 2.06 bits per heavy atom. The Kier molecular flexibility index (Phi) is 3.68. The minimum atomic E-state index is 0.901. The van der Waals surface area contributed by atoms with E-state index in [1.807, 2.05) is 0 Å². The average molecular weight is 228 g/mol. The van der Waals surface area contributed by atoms with Crippen molar-refractivity contribution >= 4 is 5.69 Å².